The van der Waals surface area contributed by atoms with Crippen molar-refractivity contribution in [2.24, 2.45) is 5.14 Å². The molecule has 27 heavy (non-hydrogen) atoms. The normalized spacial score (nSPS) is 11.8. The molecule has 8 nitrogen and oxygen atoms in total. The maximum absolute atomic E-state index is 11.6. The third-order valence-electron chi connectivity index (χ3n) is 4.10. The van der Waals surface area contributed by atoms with Gasteiger partial charge in [-0.2, -0.15) is 5.10 Å². The second-order valence-corrected chi connectivity index (χ2v) is 7.40. The van der Waals surface area contributed by atoms with Gasteiger partial charge in [-0.1, -0.05) is 12.1 Å². The maximum Gasteiger partial charge on any atom is 0.238 e. The van der Waals surface area contributed by atoms with E-state index >= 15 is 0 Å². The van der Waals surface area contributed by atoms with Gasteiger partial charge in [0.15, 0.2) is 12.2 Å². The molecule has 4 aromatic rings. The SMILES string of the molecule is CCOc1cc2c(-c3cccc(S(N)(=O)=O)c3)n[nH]c2cc1-c1cnco1. The molecule has 4 rings (SSSR count). The molecule has 2 heterocycles. The summed E-state index contributed by atoms with van der Waals surface area (Å²) in [4.78, 5) is 3.98. The number of rotatable bonds is 5. The van der Waals surface area contributed by atoms with Gasteiger partial charge in [-0.25, -0.2) is 18.5 Å². The molecule has 9 heteroatoms. The Morgan fingerprint density at radius 1 is 1.26 bits per heavy atom. The second-order valence-electron chi connectivity index (χ2n) is 5.84. The van der Waals surface area contributed by atoms with Gasteiger partial charge in [0.25, 0.3) is 0 Å². The van der Waals surface area contributed by atoms with Crippen LogP contribution in [0.15, 0.2) is 58.3 Å². The first-order valence-electron chi connectivity index (χ1n) is 8.14. The number of nitrogens with two attached hydrogens (primary N) is 1. The van der Waals surface area contributed by atoms with Crippen LogP contribution in [0.25, 0.3) is 33.5 Å². The number of nitrogens with zero attached hydrogens (tertiary/aromatic N) is 2. The third-order valence-corrected chi connectivity index (χ3v) is 5.01. The summed E-state index contributed by atoms with van der Waals surface area (Å²) in [5.41, 5.74) is 2.72. The molecule has 0 aliphatic carbocycles. The van der Waals surface area contributed by atoms with Gasteiger partial charge < -0.3 is 9.15 Å². The summed E-state index contributed by atoms with van der Waals surface area (Å²) in [6, 6.07) is 10.0. The number of fused-ring (bicyclic) bond motifs is 1. The van der Waals surface area contributed by atoms with Crippen LogP contribution in [-0.4, -0.2) is 30.2 Å². The Kier molecular flexibility index (Phi) is 4.17. The smallest absolute Gasteiger partial charge is 0.238 e. The number of hydrogen-bond acceptors (Lipinski definition) is 6. The van der Waals surface area contributed by atoms with Crippen molar-refractivity contribution in [3.63, 3.8) is 0 Å². The number of H-pyrrole nitrogens is 1. The number of sulfonamides is 1. The van der Waals surface area contributed by atoms with Crippen LogP contribution in [0.1, 0.15) is 6.92 Å². The van der Waals surface area contributed by atoms with Gasteiger partial charge in [-0.05, 0) is 31.2 Å². The number of benzene rings is 2. The summed E-state index contributed by atoms with van der Waals surface area (Å²) in [7, 11) is -3.80. The van der Waals surface area contributed by atoms with E-state index in [2.05, 4.69) is 15.2 Å². The summed E-state index contributed by atoms with van der Waals surface area (Å²) in [5.74, 6) is 1.19. The molecule has 138 valence electrons. The fraction of sp³-hybridized carbons (Fsp3) is 0.111. The van der Waals surface area contributed by atoms with E-state index in [-0.39, 0.29) is 4.90 Å². The molecule has 0 saturated carbocycles. The lowest BCUT2D eigenvalue weighted by atomic mass is 10.0. The van der Waals surface area contributed by atoms with Crippen molar-refractivity contribution in [1.29, 1.82) is 0 Å². The van der Waals surface area contributed by atoms with Crippen LogP contribution < -0.4 is 9.88 Å². The number of oxazole rings is 1. The van der Waals surface area contributed by atoms with E-state index in [1.807, 2.05) is 19.1 Å². The van der Waals surface area contributed by atoms with Gasteiger partial charge in [0.2, 0.25) is 10.0 Å². The number of aromatic amines is 1. The number of nitrogens with one attached hydrogen (secondary N) is 1. The van der Waals surface area contributed by atoms with Crippen molar-refractivity contribution in [3.05, 3.63) is 49.0 Å². The van der Waals surface area contributed by atoms with Crippen molar-refractivity contribution in [2.45, 2.75) is 11.8 Å². The fourth-order valence-electron chi connectivity index (χ4n) is 2.90. The summed E-state index contributed by atoms with van der Waals surface area (Å²) in [5, 5.41) is 13.3. The van der Waals surface area contributed by atoms with Gasteiger partial charge in [0.05, 0.1) is 28.8 Å². The maximum atomic E-state index is 11.6. The molecule has 0 radical (unpaired) electrons. The first-order chi connectivity index (χ1) is 13.0. The van der Waals surface area contributed by atoms with Crippen LogP contribution in [0.2, 0.25) is 0 Å². The van der Waals surface area contributed by atoms with Gasteiger partial charge in [-0.15, -0.1) is 0 Å². The Bertz CT molecular complexity index is 1210. The summed E-state index contributed by atoms with van der Waals surface area (Å²) >= 11 is 0. The standard InChI is InChI=1S/C18H16N4O4S/c1-2-25-16-8-13-15(7-14(16)17-9-20-10-26-17)21-22-18(13)11-4-3-5-12(6-11)27(19,23)24/h3-10H,2H2,1H3,(H,21,22)(H2,19,23,24). The molecule has 0 aliphatic heterocycles. The average Bonchev–Trinajstić information content (AvgIpc) is 3.30. The van der Waals surface area contributed by atoms with E-state index in [0.717, 1.165) is 16.5 Å². The molecule has 0 bridgehead atoms. The highest BCUT2D eigenvalue weighted by Crippen LogP contribution is 2.37. The molecule has 0 unspecified atom stereocenters. The van der Waals surface area contributed by atoms with Crippen molar-refractivity contribution >= 4 is 20.9 Å². The van der Waals surface area contributed by atoms with Crippen molar-refractivity contribution in [1.82, 2.24) is 15.2 Å². The minimum Gasteiger partial charge on any atom is -0.493 e. The zero-order valence-electron chi connectivity index (χ0n) is 14.3. The molecule has 0 saturated heterocycles. The highest BCUT2D eigenvalue weighted by molar-refractivity contribution is 7.89. The minimum absolute atomic E-state index is 0.0273. The number of ether oxygens (including phenoxy) is 1. The Morgan fingerprint density at radius 2 is 2.11 bits per heavy atom. The Hall–Kier alpha value is -3.17. The Balaban J connectivity index is 1.90. The number of hydrogen-bond donors (Lipinski definition) is 2. The monoisotopic (exact) mass is 384 g/mol. The largest absolute Gasteiger partial charge is 0.493 e. The summed E-state index contributed by atoms with van der Waals surface area (Å²) in [6.45, 7) is 2.36. The summed E-state index contributed by atoms with van der Waals surface area (Å²) in [6.07, 6.45) is 2.96. The molecule has 0 amide bonds. The molecule has 2 aromatic heterocycles. The van der Waals surface area contributed by atoms with Crippen molar-refractivity contribution < 1.29 is 17.6 Å². The van der Waals surface area contributed by atoms with E-state index in [9.17, 15) is 8.42 Å². The van der Waals surface area contributed by atoms with Gasteiger partial charge in [0, 0.05) is 10.9 Å². The van der Waals surface area contributed by atoms with Crippen LogP contribution in [0.3, 0.4) is 0 Å². The van der Waals surface area contributed by atoms with E-state index in [1.165, 1.54) is 18.5 Å². The quantitative estimate of drug-likeness (QED) is 0.545. The highest BCUT2D eigenvalue weighted by Gasteiger charge is 2.17. The van der Waals surface area contributed by atoms with Crippen LogP contribution >= 0.6 is 0 Å². The second kappa shape index (κ2) is 6.53. The predicted molar refractivity (Wildman–Crippen MR) is 99.6 cm³/mol. The van der Waals surface area contributed by atoms with Crippen LogP contribution in [-0.2, 0) is 10.0 Å². The zero-order valence-corrected chi connectivity index (χ0v) is 15.2. The molecule has 0 fully saturated rings. The van der Waals surface area contributed by atoms with Gasteiger partial charge in [0.1, 0.15) is 11.4 Å². The number of primary sulfonamides is 1. The zero-order chi connectivity index (χ0) is 19.0. The fourth-order valence-corrected chi connectivity index (χ4v) is 3.46. The van der Waals surface area contributed by atoms with E-state index < -0.39 is 10.0 Å². The van der Waals surface area contributed by atoms with Crippen molar-refractivity contribution in [3.8, 4) is 28.3 Å². The van der Waals surface area contributed by atoms with Crippen LogP contribution in [0.4, 0.5) is 0 Å². The predicted octanol–water partition coefficient (Wildman–Crippen LogP) is 2.93. The highest BCUT2D eigenvalue weighted by atomic mass is 32.2. The lowest BCUT2D eigenvalue weighted by molar-refractivity contribution is 0.341. The van der Waals surface area contributed by atoms with E-state index in [4.69, 9.17) is 14.3 Å². The first kappa shape index (κ1) is 17.3. The molecule has 0 spiro atoms. The Labute approximate surface area is 155 Å². The topological polar surface area (TPSA) is 124 Å². The molecule has 2 aromatic carbocycles. The van der Waals surface area contributed by atoms with Gasteiger partial charge >= 0.3 is 0 Å². The lowest BCUT2D eigenvalue weighted by Gasteiger charge is -2.09. The van der Waals surface area contributed by atoms with E-state index in [1.54, 1.807) is 18.3 Å². The average molecular weight is 384 g/mol. The Morgan fingerprint density at radius 3 is 2.81 bits per heavy atom. The molecule has 0 atom stereocenters. The third kappa shape index (κ3) is 3.18. The summed E-state index contributed by atoms with van der Waals surface area (Å²) < 4.78 is 34.4. The lowest BCUT2D eigenvalue weighted by Crippen LogP contribution is -2.11. The molecule has 3 N–H and O–H groups in total. The van der Waals surface area contributed by atoms with Gasteiger partial charge in [-0.3, -0.25) is 5.10 Å². The minimum atomic E-state index is -3.80. The molecular weight excluding hydrogens is 368 g/mol. The van der Waals surface area contributed by atoms with Crippen LogP contribution in [0.5, 0.6) is 5.75 Å². The van der Waals surface area contributed by atoms with Crippen LogP contribution in [0, 0.1) is 0 Å². The van der Waals surface area contributed by atoms with E-state index in [0.29, 0.717) is 29.4 Å². The first-order valence-corrected chi connectivity index (χ1v) is 9.69. The number of aromatic nitrogens is 3. The molecule has 0 aliphatic rings. The molecular formula is C18H16N4O4S. The van der Waals surface area contributed by atoms with Crippen molar-refractivity contribution in [2.75, 3.05) is 6.61 Å².